The van der Waals surface area contributed by atoms with Gasteiger partial charge in [0.25, 0.3) is 0 Å². The molecule has 0 amide bonds. The summed E-state index contributed by atoms with van der Waals surface area (Å²) in [5, 5.41) is 54.6. The van der Waals surface area contributed by atoms with Crippen LogP contribution in [0.5, 0.6) is 0 Å². The van der Waals surface area contributed by atoms with Crippen molar-refractivity contribution in [3.8, 4) is 41.7 Å². The number of aromatic nitrogens is 2. The van der Waals surface area contributed by atoms with Gasteiger partial charge in [0.15, 0.2) is 11.2 Å². The van der Waals surface area contributed by atoms with Crippen molar-refractivity contribution in [2.24, 2.45) is 0 Å². The fourth-order valence-electron chi connectivity index (χ4n) is 7.30. The molecular weight excluding hydrogens is 619 g/mol. The van der Waals surface area contributed by atoms with Gasteiger partial charge in [-0.2, -0.15) is 26.3 Å². The molecule has 9 aromatic rings. The van der Waals surface area contributed by atoms with Gasteiger partial charge in [-0.25, -0.2) is 0 Å². The van der Waals surface area contributed by atoms with E-state index in [0.717, 1.165) is 54.9 Å². The Hall–Kier alpha value is -7.83. The predicted octanol–water partition coefficient (Wildman–Crippen LogP) is 9.45. The van der Waals surface area contributed by atoms with Gasteiger partial charge < -0.3 is 13.6 Å². The van der Waals surface area contributed by atoms with E-state index in [9.17, 15) is 26.3 Å². The Labute approximate surface area is 283 Å². The summed E-state index contributed by atoms with van der Waals surface area (Å²) in [7, 11) is 0. The third-order valence-electron chi connectivity index (χ3n) is 9.47. The highest BCUT2D eigenvalue weighted by atomic mass is 16.3. The van der Waals surface area contributed by atoms with Crippen molar-refractivity contribution in [3.05, 3.63) is 130 Å². The van der Waals surface area contributed by atoms with Crippen molar-refractivity contribution in [2.75, 3.05) is 0 Å². The Morgan fingerprint density at radius 2 is 0.800 bits per heavy atom. The summed E-state index contributed by atoms with van der Waals surface area (Å²) in [6.45, 7) is 2.03. The Kier molecular flexibility index (Phi) is 5.87. The summed E-state index contributed by atoms with van der Waals surface area (Å²) >= 11 is 0. The van der Waals surface area contributed by atoms with Crippen LogP contribution in [0.25, 0.3) is 76.9 Å². The van der Waals surface area contributed by atoms with Crippen LogP contribution >= 0.6 is 0 Å². The molecule has 0 aliphatic carbocycles. The smallest absolute Gasteiger partial charge is 0.153 e. The second-order valence-corrected chi connectivity index (χ2v) is 12.3. The molecule has 0 spiro atoms. The Balaban J connectivity index is 1.38. The summed E-state index contributed by atoms with van der Waals surface area (Å²) in [6, 6.07) is 41.4. The lowest BCUT2D eigenvalue weighted by Gasteiger charge is -2.10. The van der Waals surface area contributed by atoms with Gasteiger partial charge in [-0.3, -0.25) is 0 Å². The summed E-state index contributed by atoms with van der Waals surface area (Å²) < 4.78 is 10.4. The zero-order valence-electron chi connectivity index (χ0n) is 26.3. The van der Waals surface area contributed by atoms with E-state index in [0.29, 0.717) is 55.4 Å². The first-order valence-electron chi connectivity index (χ1n) is 15.6. The molecule has 0 fully saturated rings. The van der Waals surface area contributed by atoms with Crippen molar-refractivity contribution in [3.63, 3.8) is 0 Å². The molecule has 3 aromatic heterocycles. The lowest BCUT2D eigenvalue weighted by Crippen LogP contribution is -1.96. The van der Waals surface area contributed by atoms with E-state index >= 15 is 0 Å². The van der Waals surface area contributed by atoms with Crippen LogP contribution in [0.15, 0.2) is 101 Å². The minimum absolute atomic E-state index is 0.299. The molecule has 8 heteroatoms. The van der Waals surface area contributed by atoms with Crippen LogP contribution in [-0.4, -0.2) is 9.13 Å². The van der Waals surface area contributed by atoms with Gasteiger partial charge >= 0.3 is 0 Å². The average molecular weight is 638 g/mol. The molecule has 50 heavy (non-hydrogen) atoms. The van der Waals surface area contributed by atoms with Crippen LogP contribution in [0.4, 0.5) is 0 Å². The van der Waals surface area contributed by atoms with Crippen molar-refractivity contribution < 1.29 is 4.42 Å². The fraction of sp³-hybridized carbons (Fsp3) is 0.0238. The molecule has 3 heterocycles. The molecule has 0 unspecified atom stereocenters. The summed E-state index contributed by atoms with van der Waals surface area (Å²) in [6.07, 6.45) is 0. The molecule has 0 aliphatic heterocycles. The number of nitriles is 5. The number of rotatable bonds is 2. The molecule has 0 aliphatic rings. The largest absolute Gasteiger partial charge is 0.453 e. The molecule has 9 rings (SSSR count). The van der Waals surface area contributed by atoms with Crippen molar-refractivity contribution in [2.45, 2.75) is 6.92 Å². The first-order valence-corrected chi connectivity index (χ1v) is 15.6. The van der Waals surface area contributed by atoms with E-state index in [4.69, 9.17) is 4.42 Å². The molecular formula is C42H19N7O. The number of hydrogen-bond donors (Lipinski definition) is 0. The molecule has 228 valence electrons. The SMILES string of the molecule is Cc1ccc2c(c1)c1cc(C#N)ccc1n2-c1cc(C#N)c2oc3c(C#N)cc(-n4c5ccc(C#N)cc5c5cc(C#N)ccc54)cc3c2c1. The van der Waals surface area contributed by atoms with Gasteiger partial charge in [-0.05, 0) is 97.9 Å². The van der Waals surface area contributed by atoms with Crippen molar-refractivity contribution >= 4 is 65.6 Å². The summed E-state index contributed by atoms with van der Waals surface area (Å²) in [5.74, 6) is 0. The molecule has 0 saturated carbocycles. The van der Waals surface area contributed by atoms with Crippen molar-refractivity contribution in [1.29, 1.82) is 26.3 Å². The standard InChI is InChI=1S/C42H19N7O/c1-23-2-6-37-31(10-23)32-11-24(18-43)3-7-38(32)48(37)29-14-27(21-46)41-35(16-29)36-17-30(15-28(22-47)42(36)50-41)49-39-8-4-25(19-44)12-33(39)34-13-26(20-45)5-9-40(34)49/h2-17H,1H3. The van der Waals surface area contributed by atoms with Gasteiger partial charge in [0, 0.05) is 43.7 Å². The highest BCUT2D eigenvalue weighted by molar-refractivity contribution is 6.14. The van der Waals surface area contributed by atoms with E-state index in [1.807, 2.05) is 72.2 Å². The summed E-state index contributed by atoms with van der Waals surface area (Å²) in [4.78, 5) is 0. The molecule has 8 nitrogen and oxygen atoms in total. The predicted molar refractivity (Wildman–Crippen MR) is 191 cm³/mol. The minimum Gasteiger partial charge on any atom is -0.453 e. The second kappa shape index (κ2) is 10.3. The van der Waals surface area contributed by atoms with Crippen LogP contribution < -0.4 is 0 Å². The third-order valence-corrected chi connectivity index (χ3v) is 9.47. The highest BCUT2D eigenvalue weighted by Gasteiger charge is 2.22. The quantitative estimate of drug-likeness (QED) is 0.185. The molecule has 0 atom stereocenters. The minimum atomic E-state index is 0.299. The fourth-order valence-corrected chi connectivity index (χ4v) is 7.30. The highest BCUT2D eigenvalue weighted by Crippen LogP contribution is 2.41. The van der Waals surface area contributed by atoms with E-state index in [1.54, 1.807) is 30.3 Å². The Morgan fingerprint density at radius 3 is 1.18 bits per heavy atom. The van der Waals surface area contributed by atoms with Gasteiger partial charge in [-0.15, -0.1) is 0 Å². The number of nitrogens with zero attached hydrogens (tertiary/aromatic N) is 7. The van der Waals surface area contributed by atoms with Crippen LogP contribution in [0.2, 0.25) is 0 Å². The number of benzene rings is 6. The van der Waals surface area contributed by atoms with E-state index in [2.05, 4.69) is 41.0 Å². The zero-order chi connectivity index (χ0) is 34.3. The molecule has 0 bridgehead atoms. The third kappa shape index (κ3) is 3.87. The maximum atomic E-state index is 10.4. The van der Waals surface area contributed by atoms with E-state index in [1.165, 1.54) is 0 Å². The maximum Gasteiger partial charge on any atom is 0.153 e. The van der Waals surface area contributed by atoms with E-state index < -0.39 is 0 Å². The normalized spacial score (nSPS) is 11.2. The first-order chi connectivity index (χ1) is 24.4. The van der Waals surface area contributed by atoms with Crippen molar-refractivity contribution in [1.82, 2.24) is 9.13 Å². The molecule has 0 saturated heterocycles. The Morgan fingerprint density at radius 1 is 0.420 bits per heavy atom. The average Bonchev–Trinajstić information content (AvgIpc) is 3.80. The zero-order valence-corrected chi connectivity index (χ0v) is 26.3. The molecule has 0 N–H and O–H groups in total. The lowest BCUT2D eigenvalue weighted by molar-refractivity contribution is 0.666. The lowest BCUT2D eigenvalue weighted by atomic mass is 10.0. The van der Waals surface area contributed by atoms with Crippen LogP contribution in [0.3, 0.4) is 0 Å². The number of hydrogen-bond acceptors (Lipinski definition) is 6. The van der Waals surface area contributed by atoms with Crippen LogP contribution in [-0.2, 0) is 0 Å². The van der Waals surface area contributed by atoms with Gasteiger partial charge in [0.2, 0.25) is 0 Å². The number of fused-ring (bicyclic) bond motifs is 9. The van der Waals surface area contributed by atoms with Gasteiger partial charge in [0.05, 0.1) is 68.1 Å². The summed E-state index contributed by atoms with van der Waals surface area (Å²) in [5.41, 5.74) is 8.84. The van der Waals surface area contributed by atoms with Crippen LogP contribution in [0, 0.1) is 63.6 Å². The van der Waals surface area contributed by atoms with Crippen LogP contribution in [0.1, 0.15) is 33.4 Å². The second-order valence-electron chi connectivity index (χ2n) is 12.3. The maximum absolute atomic E-state index is 10.4. The van der Waals surface area contributed by atoms with Gasteiger partial charge in [-0.1, -0.05) is 11.6 Å². The Bertz CT molecular complexity index is 3160. The van der Waals surface area contributed by atoms with Gasteiger partial charge in [0.1, 0.15) is 12.1 Å². The first kappa shape index (κ1) is 28.4. The molecule has 6 aromatic carbocycles. The molecule has 0 radical (unpaired) electrons. The monoisotopic (exact) mass is 637 g/mol. The van der Waals surface area contributed by atoms with E-state index in [-0.39, 0.29) is 0 Å². The number of furan rings is 1. The number of aryl methyl sites for hydroxylation is 1. The topological polar surface area (TPSA) is 142 Å².